The third kappa shape index (κ3) is 3.02. The number of carboxylic acid groups (broad SMARTS) is 1. The van der Waals surface area contributed by atoms with Crippen molar-refractivity contribution in [1.29, 1.82) is 0 Å². The summed E-state index contributed by atoms with van der Waals surface area (Å²) in [6, 6.07) is 0. The van der Waals surface area contributed by atoms with Gasteiger partial charge in [0.1, 0.15) is 16.3 Å². The van der Waals surface area contributed by atoms with Gasteiger partial charge in [-0.15, -0.1) is 0 Å². The molecule has 0 saturated carbocycles. The minimum Gasteiger partial charge on any atom is -0.481 e. The molecule has 94 valence electrons. The van der Waals surface area contributed by atoms with Crippen LogP contribution in [0.15, 0.2) is 4.52 Å². The van der Waals surface area contributed by atoms with Gasteiger partial charge in [0.2, 0.25) is 5.89 Å². The summed E-state index contributed by atoms with van der Waals surface area (Å²) in [5.41, 5.74) is 0. The van der Waals surface area contributed by atoms with Crippen LogP contribution in [0.25, 0.3) is 0 Å². The molecule has 1 aliphatic rings. The van der Waals surface area contributed by atoms with Crippen molar-refractivity contribution in [2.45, 2.75) is 25.2 Å². The topological polar surface area (TPSA) is 110 Å². The van der Waals surface area contributed by atoms with Gasteiger partial charge in [-0.1, -0.05) is 5.16 Å². The highest BCUT2D eigenvalue weighted by molar-refractivity contribution is 7.91. The van der Waals surface area contributed by atoms with Crippen molar-refractivity contribution in [2.24, 2.45) is 0 Å². The maximum atomic E-state index is 11.2. The van der Waals surface area contributed by atoms with Crippen LogP contribution < -0.4 is 0 Å². The number of rotatable bonds is 3. The molecule has 1 aromatic rings. The number of nitrogens with zero attached hydrogens (tertiary/aromatic N) is 2. The first-order chi connectivity index (χ1) is 7.96. The molecule has 0 atom stereocenters. The standard InChI is InChI=1S/C9H12N2O5S/c12-8(13)5-7-10-9(16-11-7)6-1-3-17(14,15)4-2-6/h6H,1-5H2,(H,12,13). The van der Waals surface area contributed by atoms with Crippen LogP contribution in [0.1, 0.15) is 30.5 Å². The first-order valence-corrected chi connectivity index (χ1v) is 7.03. The summed E-state index contributed by atoms with van der Waals surface area (Å²) in [6.07, 6.45) is 0.628. The summed E-state index contributed by atoms with van der Waals surface area (Å²) in [6.45, 7) is 0. The van der Waals surface area contributed by atoms with Crippen molar-refractivity contribution < 1.29 is 22.8 Å². The van der Waals surface area contributed by atoms with Crippen molar-refractivity contribution in [3.05, 3.63) is 11.7 Å². The average molecular weight is 260 g/mol. The van der Waals surface area contributed by atoms with E-state index in [2.05, 4.69) is 10.1 Å². The van der Waals surface area contributed by atoms with E-state index in [9.17, 15) is 13.2 Å². The van der Waals surface area contributed by atoms with Crippen LogP contribution in [0.5, 0.6) is 0 Å². The van der Waals surface area contributed by atoms with E-state index in [1.165, 1.54) is 0 Å². The molecule has 0 aliphatic carbocycles. The van der Waals surface area contributed by atoms with Gasteiger partial charge in [0.15, 0.2) is 5.82 Å². The number of hydrogen-bond donors (Lipinski definition) is 1. The molecule has 0 aromatic carbocycles. The maximum Gasteiger partial charge on any atom is 0.311 e. The summed E-state index contributed by atoms with van der Waals surface area (Å²) < 4.78 is 27.4. The molecule has 17 heavy (non-hydrogen) atoms. The highest BCUT2D eigenvalue weighted by atomic mass is 32.2. The summed E-state index contributed by atoms with van der Waals surface area (Å²) >= 11 is 0. The van der Waals surface area contributed by atoms with Gasteiger partial charge in [0, 0.05) is 5.92 Å². The molecule has 0 bridgehead atoms. The third-order valence-electron chi connectivity index (χ3n) is 2.70. The molecule has 0 amide bonds. The van der Waals surface area contributed by atoms with E-state index in [0.29, 0.717) is 18.7 Å². The van der Waals surface area contributed by atoms with Crippen LogP contribution in [-0.4, -0.2) is 41.1 Å². The number of carbonyl (C=O) groups is 1. The lowest BCUT2D eigenvalue weighted by Gasteiger charge is -2.17. The monoisotopic (exact) mass is 260 g/mol. The van der Waals surface area contributed by atoms with Gasteiger partial charge < -0.3 is 9.63 Å². The SMILES string of the molecule is O=C(O)Cc1noc(C2CCS(=O)(=O)CC2)n1. The van der Waals surface area contributed by atoms with E-state index in [4.69, 9.17) is 9.63 Å². The van der Waals surface area contributed by atoms with Crippen molar-refractivity contribution in [3.63, 3.8) is 0 Å². The van der Waals surface area contributed by atoms with E-state index in [1.807, 2.05) is 0 Å². The lowest BCUT2D eigenvalue weighted by Crippen LogP contribution is -2.22. The van der Waals surface area contributed by atoms with Crippen LogP contribution in [0.3, 0.4) is 0 Å². The third-order valence-corrected chi connectivity index (χ3v) is 4.41. The molecule has 8 heteroatoms. The van der Waals surface area contributed by atoms with Crippen LogP contribution >= 0.6 is 0 Å². The molecule has 1 aliphatic heterocycles. The first kappa shape index (κ1) is 12.0. The Bertz CT molecular complexity index is 507. The molecule has 0 spiro atoms. The van der Waals surface area contributed by atoms with E-state index < -0.39 is 15.8 Å². The minimum absolute atomic E-state index is 0.0754. The van der Waals surface area contributed by atoms with Crippen LogP contribution in [0.4, 0.5) is 0 Å². The Morgan fingerprint density at radius 1 is 1.41 bits per heavy atom. The van der Waals surface area contributed by atoms with Crippen LogP contribution in [0, 0.1) is 0 Å². The van der Waals surface area contributed by atoms with Crippen LogP contribution in [0.2, 0.25) is 0 Å². The molecule has 0 radical (unpaired) electrons. The van der Waals surface area contributed by atoms with Crippen molar-refractivity contribution in [3.8, 4) is 0 Å². The lowest BCUT2D eigenvalue weighted by atomic mass is 10.0. The number of carboxylic acids is 1. The smallest absolute Gasteiger partial charge is 0.311 e. The molecule has 1 fully saturated rings. The number of sulfone groups is 1. The van der Waals surface area contributed by atoms with Crippen molar-refractivity contribution in [1.82, 2.24) is 10.1 Å². The molecule has 1 N–H and O–H groups in total. The molecule has 2 heterocycles. The first-order valence-electron chi connectivity index (χ1n) is 5.21. The van der Waals surface area contributed by atoms with Crippen molar-refractivity contribution in [2.75, 3.05) is 11.5 Å². The Balaban J connectivity index is 2.04. The Morgan fingerprint density at radius 2 is 2.06 bits per heavy atom. The summed E-state index contributed by atoms with van der Waals surface area (Å²) in [7, 11) is -2.92. The summed E-state index contributed by atoms with van der Waals surface area (Å²) in [5, 5.41) is 12.1. The minimum atomic E-state index is -2.92. The predicted octanol–water partition coefficient (Wildman–Crippen LogP) is -0.0111. The molecule has 2 rings (SSSR count). The second kappa shape index (κ2) is 4.44. The zero-order chi connectivity index (χ0) is 12.5. The Morgan fingerprint density at radius 3 is 2.65 bits per heavy atom. The molecule has 0 unspecified atom stereocenters. The fourth-order valence-corrected chi connectivity index (χ4v) is 3.27. The number of aliphatic carboxylic acids is 1. The molecular weight excluding hydrogens is 248 g/mol. The Labute approximate surface area is 97.7 Å². The number of aromatic nitrogens is 2. The Hall–Kier alpha value is -1.44. The van der Waals surface area contributed by atoms with Gasteiger partial charge in [-0.25, -0.2) is 8.42 Å². The number of hydrogen-bond acceptors (Lipinski definition) is 6. The molecule has 1 saturated heterocycles. The summed E-state index contributed by atoms with van der Waals surface area (Å²) in [4.78, 5) is 14.4. The highest BCUT2D eigenvalue weighted by Gasteiger charge is 2.28. The zero-order valence-corrected chi connectivity index (χ0v) is 9.81. The molecular formula is C9H12N2O5S. The Kier molecular flexibility index (Phi) is 3.14. The second-order valence-electron chi connectivity index (χ2n) is 4.05. The largest absolute Gasteiger partial charge is 0.481 e. The summed E-state index contributed by atoms with van der Waals surface area (Å²) in [5.74, 6) is -0.392. The van der Waals surface area contributed by atoms with E-state index in [0.717, 1.165) is 0 Å². The maximum absolute atomic E-state index is 11.2. The van der Waals surface area contributed by atoms with Gasteiger partial charge in [-0.3, -0.25) is 4.79 Å². The average Bonchev–Trinajstić information content (AvgIpc) is 2.65. The van der Waals surface area contributed by atoms with E-state index in [1.54, 1.807) is 0 Å². The zero-order valence-electron chi connectivity index (χ0n) is 9.00. The predicted molar refractivity (Wildman–Crippen MR) is 56.3 cm³/mol. The van der Waals surface area contributed by atoms with E-state index >= 15 is 0 Å². The molecule has 1 aromatic heterocycles. The molecule has 7 nitrogen and oxygen atoms in total. The fraction of sp³-hybridized carbons (Fsp3) is 0.667. The lowest BCUT2D eigenvalue weighted by molar-refractivity contribution is -0.136. The van der Waals surface area contributed by atoms with Crippen molar-refractivity contribution >= 4 is 15.8 Å². The van der Waals surface area contributed by atoms with Gasteiger partial charge in [-0.05, 0) is 12.8 Å². The second-order valence-corrected chi connectivity index (χ2v) is 6.35. The normalized spacial score (nSPS) is 20.2. The van der Waals surface area contributed by atoms with Gasteiger partial charge >= 0.3 is 5.97 Å². The van der Waals surface area contributed by atoms with Crippen LogP contribution in [-0.2, 0) is 21.1 Å². The van der Waals surface area contributed by atoms with Gasteiger partial charge in [0.25, 0.3) is 0 Å². The fourth-order valence-electron chi connectivity index (χ4n) is 1.78. The quantitative estimate of drug-likeness (QED) is 0.813. The van der Waals surface area contributed by atoms with E-state index in [-0.39, 0.29) is 29.7 Å². The van der Waals surface area contributed by atoms with Gasteiger partial charge in [-0.2, -0.15) is 4.98 Å². The highest BCUT2D eigenvalue weighted by Crippen LogP contribution is 2.27. The van der Waals surface area contributed by atoms with Gasteiger partial charge in [0.05, 0.1) is 11.5 Å².